The van der Waals surface area contributed by atoms with E-state index in [1.165, 1.54) is 0 Å². The van der Waals surface area contributed by atoms with Crippen molar-refractivity contribution < 1.29 is 19.1 Å². The molecule has 1 heterocycles. The van der Waals surface area contributed by atoms with Gasteiger partial charge in [0, 0.05) is 13.0 Å². The van der Waals surface area contributed by atoms with Gasteiger partial charge >= 0.3 is 6.03 Å². The van der Waals surface area contributed by atoms with Gasteiger partial charge in [-0.1, -0.05) is 42.5 Å². The summed E-state index contributed by atoms with van der Waals surface area (Å²) in [5.41, 5.74) is 1.81. The summed E-state index contributed by atoms with van der Waals surface area (Å²) in [5.74, 6) is -0.0957. The number of amides is 4. The van der Waals surface area contributed by atoms with Crippen LogP contribution in [0.1, 0.15) is 11.1 Å². The molecule has 2 N–H and O–H groups in total. The van der Waals surface area contributed by atoms with Gasteiger partial charge in [-0.15, -0.1) is 0 Å². The van der Waals surface area contributed by atoms with Crippen LogP contribution >= 0.6 is 0 Å². The summed E-state index contributed by atoms with van der Waals surface area (Å²) in [4.78, 5) is 37.7. The predicted octanol–water partition coefficient (Wildman–Crippen LogP) is 1.47. The first-order chi connectivity index (χ1) is 13.1. The van der Waals surface area contributed by atoms with E-state index in [1.54, 1.807) is 7.11 Å². The summed E-state index contributed by atoms with van der Waals surface area (Å²) in [6, 6.07) is 15.5. The first-order valence-corrected chi connectivity index (χ1v) is 8.62. The number of hydrogen-bond donors (Lipinski definition) is 2. The number of nitrogens with one attached hydrogen (secondary N) is 2. The molecule has 0 radical (unpaired) electrons. The molecular formula is C20H21N3O4. The topological polar surface area (TPSA) is 87.7 Å². The maximum atomic E-state index is 12.5. The zero-order valence-corrected chi connectivity index (χ0v) is 15.0. The van der Waals surface area contributed by atoms with Crippen molar-refractivity contribution in [3.63, 3.8) is 0 Å². The van der Waals surface area contributed by atoms with E-state index in [0.717, 1.165) is 16.0 Å². The Labute approximate surface area is 157 Å². The number of urea groups is 1. The lowest BCUT2D eigenvalue weighted by Gasteiger charge is -2.13. The second kappa shape index (κ2) is 8.35. The van der Waals surface area contributed by atoms with E-state index >= 15 is 0 Å². The number of carbonyl (C=O) groups is 3. The maximum absolute atomic E-state index is 12.5. The van der Waals surface area contributed by atoms with Crippen LogP contribution in [-0.4, -0.2) is 42.4 Å². The monoisotopic (exact) mass is 367 g/mol. The zero-order valence-electron chi connectivity index (χ0n) is 15.0. The highest BCUT2D eigenvalue weighted by Gasteiger charge is 2.38. The average molecular weight is 367 g/mol. The lowest BCUT2D eigenvalue weighted by Crippen LogP contribution is -2.41. The fraction of sp³-hybridized carbons (Fsp3) is 0.250. The quantitative estimate of drug-likeness (QED) is 0.726. The smallest absolute Gasteiger partial charge is 0.325 e. The van der Waals surface area contributed by atoms with Gasteiger partial charge in [-0.05, 0) is 23.3 Å². The van der Waals surface area contributed by atoms with Crippen LogP contribution in [0.25, 0.3) is 0 Å². The number of methoxy groups -OCH3 is 1. The molecule has 2 aromatic rings. The van der Waals surface area contributed by atoms with Gasteiger partial charge in [-0.3, -0.25) is 14.5 Å². The molecule has 0 saturated carbocycles. The average Bonchev–Trinajstić information content (AvgIpc) is 2.94. The lowest BCUT2D eigenvalue weighted by atomic mass is 10.1. The molecule has 0 unspecified atom stereocenters. The number of nitrogens with zero attached hydrogens (tertiary/aromatic N) is 1. The molecule has 0 aromatic heterocycles. The van der Waals surface area contributed by atoms with Crippen molar-refractivity contribution >= 4 is 17.8 Å². The minimum atomic E-state index is -0.647. The van der Waals surface area contributed by atoms with Gasteiger partial charge in [-0.2, -0.15) is 0 Å². The van der Waals surface area contributed by atoms with Crippen LogP contribution in [0.5, 0.6) is 5.75 Å². The third-order valence-corrected chi connectivity index (χ3v) is 4.32. The Balaban J connectivity index is 1.54. The molecule has 4 amide bonds. The van der Waals surface area contributed by atoms with E-state index in [4.69, 9.17) is 4.74 Å². The summed E-state index contributed by atoms with van der Waals surface area (Å²) in [7, 11) is 1.57. The maximum Gasteiger partial charge on any atom is 0.325 e. The number of benzene rings is 2. The first kappa shape index (κ1) is 18.4. The Morgan fingerprint density at radius 1 is 1.11 bits per heavy atom. The van der Waals surface area contributed by atoms with Crippen LogP contribution < -0.4 is 15.4 Å². The number of rotatable bonds is 7. The van der Waals surface area contributed by atoms with E-state index in [0.29, 0.717) is 12.2 Å². The van der Waals surface area contributed by atoms with Gasteiger partial charge in [-0.25, -0.2) is 4.79 Å². The van der Waals surface area contributed by atoms with Crippen LogP contribution in [0.2, 0.25) is 0 Å². The zero-order chi connectivity index (χ0) is 19.2. The molecule has 7 nitrogen and oxygen atoms in total. The van der Waals surface area contributed by atoms with Gasteiger partial charge in [0.05, 0.1) is 7.11 Å². The highest BCUT2D eigenvalue weighted by atomic mass is 16.5. The highest BCUT2D eigenvalue weighted by Crippen LogP contribution is 2.13. The SMILES string of the molecule is COc1cccc(CNC(=O)CN2C(=O)N[C@@H](Cc3ccccc3)C2=O)c1. The summed E-state index contributed by atoms with van der Waals surface area (Å²) >= 11 is 0. The van der Waals surface area contributed by atoms with Gasteiger partial charge in [0.2, 0.25) is 5.91 Å². The van der Waals surface area contributed by atoms with Crippen molar-refractivity contribution in [2.75, 3.05) is 13.7 Å². The summed E-state index contributed by atoms with van der Waals surface area (Å²) in [5, 5.41) is 5.35. The summed E-state index contributed by atoms with van der Waals surface area (Å²) < 4.78 is 5.14. The standard InChI is InChI=1S/C20H21N3O4/c1-27-16-9-5-8-15(10-16)12-21-18(24)13-23-19(25)17(22-20(23)26)11-14-6-3-2-4-7-14/h2-10,17H,11-13H2,1H3,(H,21,24)(H,22,26)/t17-/m0/s1. The molecule has 0 aliphatic carbocycles. The lowest BCUT2D eigenvalue weighted by molar-refractivity contribution is -0.132. The fourth-order valence-electron chi connectivity index (χ4n) is 2.90. The van der Waals surface area contributed by atoms with Crippen LogP contribution in [-0.2, 0) is 22.6 Å². The minimum absolute atomic E-state index is 0.285. The van der Waals surface area contributed by atoms with Crippen molar-refractivity contribution in [3.05, 3.63) is 65.7 Å². The molecule has 1 saturated heterocycles. The van der Waals surface area contributed by atoms with Gasteiger partial charge < -0.3 is 15.4 Å². The van der Waals surface area contributed by atoms with E-state index in [9.17, 15) is 14.4 Å². The molecule has 2 aromatic carbocycles. The molecule has 0 spiro atoms. The second-order valence-electron chi connectivity index (χ2n) is 6.24. The van der Waals surface area contributed by atoms with Crippen molar-refractivity contribution in [2.24, 2.45) is 0 Å². The van der Waals surface area contributed by atoms with E-state index in [-0.39, 0.29) is 19.0 Å². The first-order valence-electron chi connectivity index (χ1n) is 8.62. The third-order valence-electron chi connectivity index (χ3n) is 4.32. The molecule has 1 atom stereocenters. The molecular weight excluding hydrogens is 346 g/mol. The largest absolute Gasteiger partial charge is 0.497 e. The van der Waals surface area contributed by atoms with Crippen molar-refractivity contribution in [1.29, 1.82) is 0 Å². The Bertz CT molecular complexity index is 838. The Kier molecular flexibility index (Phi) is 5.71. The number of carbonyl (C=O) groups excluding carboxylic acids is 3. The number of imide groups is 1. The van der Waals surface area contributed by atoms with Gasteiger partial charge in [0.15, 0.2) is 0 Å². The van der Waals surface area contributed by atoms with Crippen molar-refractivity contribution in [2.45, 2.75) is 19.0 Å². The number of ether oxygens (including phenoxy) is 1. The molecule has 3 rings (SSSR count). The van der Waals surface area contributed by atoms with Crippen LogP contribution in [0.15, 0.2) is 54.6 Å². The van der Waals surface area contributed by atoms with Gasteiger partial charge in [0.25, 0.3) is 5.91 Å². The molecule has 1 fully saturated rings. The molecule has 1 aliphatic rings. The third kappa shape index (κ3) is 4.63. The Morgan fingerprint density at radius 2 is 1.85 bits per heavy atom. The second-order valence-corrected chi connectivity index (χ2v) is 6.24. The molecule has 27 heavy (non-hydrogen) atoms. The molecule has 1 aliphatic heterocycles. The molecule has 0 bridgehead atoms. The predicted molar refractivity (Wildman–Crippen MR) is 99.0 cm³/mol. The highest BCUT2D eigenvalue weighted by molar-refractivity contribution is 6.06. The van der Waals surface area contributed by atoms with Crippen LogP contribution in [0, 0.1) is 0 Å². The van der Waals surface area contributed by atoms with Gasteiger partial charge in [0.1, 0.15) is 18.3 Å². The Morgan fingerprint density at radius 3 is 2.59 bits per heavy atom. The summed E-state index contributed by atoms with van der Waals surface area (Å²) in [6.45, 7) is -0.0208. The molecule has 7 heteroatoms. The summed E-state index contributed by atoms with van der Waals surface area (Å²) in [6.07, 6.45) is 0.396. The Hall–Kier alpha value is -3.35. The van der Waals surface area contributed by atoms with E-state index in [2.05, 4.69) is 10.6 Å². The molecule has 140 valence electrons. The van der Waals surface area contributed by atoms with Crippen LogP contribution in [0.3, 0.4) is 0 Å². The van der Waals surface area contributed by atoms with Crippen LogP contribution in [0.4, 0.5) is 4.79 Å². The normalized spacial score (nSPS) is 16.2. The minimum Gasteiger partial charge on any atom is -0.497 e. The van der Waals surface area contributed by atoms with Crippen molar-refractivity contribution in [3.8, 4) is 5.75 Å². The fourth-order valence-corrected chi connectivity index (χ4v) is 2.90. The van der Waals surface area contributed by atoms with E-state index in [1.807, 2.05) is 54.6 Å². The van der Waals surface area contributed by atoms with Crippen molar-refractivity contribution in [1.82, 2.24) is 15.5 Å². The number of hydrogen-bond acceptors (Lipinski definition) is 4. The van der Waals surface area contributed by atoms with E-state index < -0.39 is 18.0 Å².